The van der Waals surface area contributed by atoms with Crippen LogP contribution in [0.2, 0.25) is 0 Å². The molecule has 29 heavy (non-hydrogen) atoms. The molecule has 0 bridgehead atoms. The van der Waals surface area contributed by atoms with Gasteiger partial charge in [-0.3, -0.25) is 0 Å². The predicted octanol–water partition coefficient (Wildman–Crippen LogP) is 3.99. The molecule has 0 aromatic heterocycles. The van der Waals surface area contributed by atoms with Crippen LogP contribution in [0.3, 0.4) is 0 Å². The zero-order valence-corrected chi connectivity index (χ0v) is 18.4. The summed E-state index contributed by atoms with van der Waals surface area (Å²) in [6.45, 7) is 8.21. The van der Waals surface area contributed by atoms with Crippen molar-refractivity contribution in [2.45, 2.75) is 108 Å². The van der Waals surface area contributed by atoms with Crippen LogP contribution < -0.4 is 0 Å². The summed E-state index contributed by atoms with van der Waals surface area (Å²) in [5, 5.41) is 10.4. The average molecular weight is 415 g/mol. The van der Waals surface area contributed by atoms with E-state index in [2.05, 4.69) is 13.5 Å². The Morgan fingerprint density at radius 2 is 1.93 bits per heavy atom. The van der Waals surface area contributed by atoms with Crippen molar-refractivity contribution in [1.82, 2.24) is 0 Å². The maximum atomic E-state index is 10.4. The van der Waals surface area contributed by atoms with Gasteiger partial charge in [0, 0.05) is 20.1 Å². The van der Waals surface area contributed by atoms with Crippen LogP contribution in [0.4, 0.5) is 0 Å². The Kier molecular flexibility index (Phi) is 12.4. The van der Waals surface area contributed by atoms with Gasteiger partial charge >= 0.3 is 0 Å². The highest BCUT2D eigenvalue weighted by Gasteiger charge is 2.31. The standard InChI is InChI=1S/C23H42O6/c1-4-6-11-26-21-15-19(8-5-2)29-22(17-21)16-20(25-3)14-18(24)9-7-10-23-27-12-13-28-23/h5,18-24H,2,4,6-17H2,1,3H3/t18-,19?,20+,21?,22?/m0/s1. The Hall–Kier alpha value is -0.500. The summed E-state index contributed by atoms with van der Waals surface area (Å²) in [6, 6.07) is 0. The maximum Gasteiger partial charge on any atom is 0.157 e. The van der Waals surface area contributed by atoms with E-state index in [1.807, 2.05) is 6.08 Å². The van der Waals surface area contributed by atoms with E-state index in [4.69, 9.17) is 23.7 Å². The summed E-state index contributed by atoms with van der Waals surface area (Å²) in [4.78, 5) is 0. The van der Waals surface area contributed by atoms with Crippen LogP contribution in [-0.2, 0) is 23.7 Å². The first-order valence-electron chi connectivity index (χ1n) is 11.5. The van der Waals surface area contributed by atoms with Crippen molar-refractivity contribution < 1.29 is 28.8 Å². The minimum Gasteiger partial charge on any atom is -0.393 e. The highest BCUT2D eigenvalue weighted by molar-refractivity contribution is 4.85. The predicted molar refractivity (Wildman–Crippen MR) is 113 cm³/mol. The summed E-state index contributed by atoms with van der Waals surface area (Å²) < 4.78 is 29.0. The molecule has 0 radical (unpaired) electrons. The van der Waals surface area contributed by atoms with Gasteiger partial charge in [0.15, 0.2) is 6.29 Å². The first-order valence-corrected chi connectivity index (χ1v) is 11.5. The van der Waals surface area contributed by atoms with Crippen molar-refractivity contribution in [1.29, 1.82) is 0 Å². The molecule has 3 unspecified atom stereocenters. The minimum absolute atomic E-state index is 0.0206. The Morgan fingerprint density at radius 3 is 2.62 bits per heavy atom. The second-order valence-corrected chi connectivity index (χ2v) is 8.31. The summed E-state index contributed by atoms with van der Waals surface area (Å²) in [5.41, 5.74) is 0. The molecule has 2 heterocycles. The lowest BCUT2D eigenvalue weighted by Gasteiger charge is -2.36. The van der Waals surface area contributed by atoms with E-state index in [-0.39, 0.29) is 36.8 Å². The molecule has 0 spiro atoms. The van der Waals surface area contributed by atoms with Gasteiger partial charge in [0.25, 0.3) is 0 Å². The quantitative estimate of drug-likeness (QED) is 0.323. The lowest BCUT2D eigenvalue weighted by molar-refractivity contribution is -0.128. The van der Waals surface area contributed by atoms with E-state index in [9.17, 15) is 5.11 Å². The SMILES string of the molecule is C=CCC1CC(OCCCC)CC(C[C@@H](C[C@@H](O)CCCC2OCCO2)OC)O1. The van der Waals surface area contributed by atoms with E-state index >= 15 is 0 Å². The highest BCUT2D eigenvalue weighted by atomic mass is 16.7. The average Bonchev–Trinajstić information content (AvgIpc) is 3.21. The fraction of sp³-hybridized carbons (Fsp3) is 0.913. The molecule has 2 rings (SSSR count). The van der Waals surface area contributed by atoms with E-state index in [1.165, 1.54) is 0 Å². The van der Waals surface area contributed by atoms with E-state index in [0.29, 0.717) is 19.6 Å². The van der Waals surface area contributed by atoms with Gasteiger partial charge in [-0.1, -0.05) is 19.4 Å². The smallest absolute Gasteiger partial charge is 0.157 e. The second kappa shape index (κ2) is 14.5. The van der Waals surface area contributed by atoms with Crippen LogP contribution in [-0.4, -0.2) is 68.8 Å². The number of aliphatic hydroxyl groups is 1. The summed E-state index contributed by atoms with van der Waals surface area (Å²) >= 11 is 0. The normalized spacial score (nSPS) is 27.8. The highest BCUT2D eigenvalue weighted by Crippen LogP contribution is 2.28. The van der Waals surface area contributed by atoms with Crippen LogP contribution >= 0.6 is 0 Å². The molecule has 0 aliphatic carbocycles. The largest absolute Gasteiger partial charge is 0.393 e. The van der Waals surface area contributed by atoms with Gasteiger partial charge < -0.3 is 28.8 Å². The lowest BCUT2D eigenvalue weighted by atomic mass is 9.93. The minimum atomic E-state index is -0.384. The molecule has 6 nitrogen and oxygen atoms in total. The third kappa shape index (κ3) is 9.90. The number of unbranched alkanes of at least 4 members (excludes halogenated alkanes) is 1. The van der Waals surface area contributed by atoms with Gasteiger partial charge in [-0.15, -0.1) is 6.58 Å². The van der Waals surface area contributed by atoms with Gasteiger partial charge in [0.2, 0.25) is 0 Å². The Labute approximate surface area is 176 Å². The third-order valence-corrected chi connectivity index (χ3v) is 5.78. The van der Waals surface area contributed by atoms with Crippen LogP contribution in [0.25, 0.3) is 0 Å². The molecule has 2 fully saturated rings. The van der Waals surface area contributed by atoms with Crippen LogP contribution in [0, 0.1) is 0 Å². The van der Waals surface area contributed by atoms with Gasteiger partial charge in [0.05, 0.1) is 43.7 Å². The summed E-state index contributed by atoms with van der Waals surface area (Å²) in [6.07, 6.45) is 10.7. The van der Waals surface area contributed by atoms with Gasteiger partial charge in [-0.2, -0.15) is 0 Å². The molecule has 2 saturated heterocycles. The fourth-order valence-corrected chi connectivity index (χ4v) is 4.18. The van der Waals surface area contributed by atoms with Gasteiger partial charge in [0.1, 0.15) is 0 Å². The molecule has 6 heteroatoms. The van der Waals surface area contributed by atoms with Gasteiger partial charge in [-0.25, -0.2) is 0 Å². The van der Waals surface area contributed by atoms with Crippen molar-refractivity contribution in [2.24, 2.45) is 0 Å². The van der Waals surface area contributed by atoms with Crippen LogP contribution in [0.5, 0.6) is 0 Å². The number of rotatable bonds is 15. The molecule has 1 N–H and O–H groups in total. The first kappa shape index (κ1) is 24.8. The molecule has 170 valence electrons. The molecule has 0 amide bonds. The fourth-order valence-electron chi connectivity index (χ4n) is 4.18. The molecule has 2 aliphatic rings. The van der Waals surface area contributed by atoms with Crippen molar-refractivity contribution in [3.05, 3.63) is 12.7 Å². The number of aliphatic hydroxyl groups excluding tert-OH is 1. The first-order chi connectivity index (χ1) is 14.1. The van der Waals surface area contributed by atoms with Crippen LogP contribution in [0.15, 0.2) is 12.7 Å². The molecule has 5 atom stereocenters. The zero-order valence-electron chi connectivity index (χ0n) is 18.4. The molecule has 0 aromatic carbocycles. The maximum absolute atomic E-state index is 10.4. The van der Waals surface area contributed by atoms with Gasteiger partial charge in [-0.05, 0) is 51.4 Å². The van der Waals surface area contributed by atoms with E-state index < -0.39 is 0 Å². The van der Waals surface area contributed by atoms with Crippen LogP contribution in [0.1, 0.15) is 71.1 Å². The molecular weight excluding hydrogens is 372 g/mol. The second-order valence-electron chi connectivity index (χ2n) is 8.31. The number of ether oxygens (including phenoxy) is 5. The monoisotopic (exact) mass is 414 g/mol. The van der Waals surface area contributed by atoms with Crippen molar-refractivity contribution in [3.63, 3.8) is 0 Å². The molecule has 0 saturated carbocycles. The Morgan fingerprint density at radius 1 is 1.17 bits per heavy atom. The van der Waals surface area contributed by atoms with E-state index in [1.54, 1.807) is 7.11 Å². The molecular formula is C23H42O6. The summed E-state index contributed by atoms with van der Waals surface area (Å²) in [7, 11) is 1.72. The number of methoxy groups -OCH3 is 1. The molecule has 2 aliphatic heterocycles. The number of hydrogen-bond acceptors (Lipinski definition) is 6. The third-order valence-electron chi connectivity index (χ3n) is 5.78. The topological polar surface area (TPSA) is 66.4 Å². The zero-order chi connectivity index (χ0) is 20.9. The molecule has 0 aromatic rings. The Bertz CT molecular complexity index is 426. The van der Waals surface area contributed by atoms with Crippen molar-refractivity contribution in [3.8, 4) is 0 Å². The lowest BCUT2D eigenvalue weighted by Crippen LogP contribution is -2.39. The van der Waals surface area contributed by atoms with E-state index in [0.717, 1.165) is 64.4 Å². The van der Waals surface area contributed by atoms with Crippen molar-refractivity contribution in [2.75, 3.05) is 26.9 Å². The number of hydrogen-bond donors (Lipinski definition) is 1. The van der Waals surface area contributed by atoms with Crippen molar-refractivity contribution >= 4 is 0 Å². The Balaban J connectivity index is 1.74. The summed E-state index contributed by atoms with van der Waals surface area (Å²) in [5.74, 6) is 0.